The predicted molar refractivity (Wildman–Crippen MR) is 71.0 cm³/mol. The van der Waals surface area contributed by atoms with E-state index in [-0.39, 0.29) is 5.91 Å². The number of hydrogen-bond donors (Lipinski definition) is 2. The molecule has 0 bridgehead atoms. The molecule has 1 aliphatic rings. The molecule has 1 unspecified atom stereocenters. The normalized spacial score (nSPS) is 19.0. The number of hydrogen-bond acceptors (Lipinski definition) is 4. The molecule has 2 heterocycles. The Labute approximate surface area is 107 Å². The molecule has 1 aliphatic heterocycles. The van der Waals surface area contributed by atoms with E-state index in [2.05, 4.69) is 17.3 Å². The zero-order valence-electron chi connectivity index (χ0n) is 10.7. The highest BCUT2D eigenvalue weighted by atomic mass is 16.2. The second-order valence-electron chi connectivity index (χ2n) is 4.77. The van der Waals surface area contributed by atoms with Crippen molar-refractivity contribution in [2.24, 2.45) is 11.8 Å². The summed E-state index contributed by atoms with van der Waals surface area (Å²) in [6.07, 6.45) is 5.08. The molecule has 3 N–H and O–H groups in total. The average molecular weight is 248 g/mol. The molecular formula is C13H20N4O. The predicted octanol–water partition coefficient (Wildman–Crippen LogP) is 1.63. The Kier molecular flexibility index (Phi) is 4.15. The highest BCUT2D eigenvalue weighted by molar-refractivity contribution is 5.93. The van der Waals surface area contributed by atoms with Crippen LogP contribution in [0, 0.1) is 5.92 Å². The smallest absolute Gasteiger partial charge is 0.272 e. The minimum atomic E-state index is 0.00528. The van der Waals surface area contributed by atoms with Crippen molar-refractivity contribution in [2.45, 2.75) is 26.2 Å². The van der Waals surface area contributed by atoms with E-state index in [1.54, 1.807) is 18.3 Å². The van der Waals surface area contributed by atoms with Crippen molar-refractivity contribution in [1.29, 1.82) is 0 Å². The van der Waals surface area contributed by atoms with Crippen LogP contribution in [-0.2, 0) is 0 Å². The summed E-state index contributed by atoms with van der Waals surface area (Å²) in [5, 5.41) is 0. The summed E-state index contributed by atoms with van der Waals surface area (Å²) in [4.78, 5) is 18.3. The molecule has 18 heavy (non-hydrogen) atoms. The van der Waals surface area contributed by atoms with Crippen LogP contribution in [0.15, 0.2) is 18.3 Å². The molecule has 0 aliphatic carbocycles. The molecule has 1 aromatic heterocycles. The van der Waals surface area contributed by atoms with Crippen molar-refractivity contribution in [1.82, 2.24) is 9.88 Å². The first-order valence-corrected chi connectivity index (χ1v) is 6.46. The average Bonchev–Trinajstić information content (AvgIpc) is 2.87. The van der Waals surface area contributed by atoms with Gasteiger partial charge in [0.15, 0.2) is 0 Å². The third kappa shape index (κ3) is 2.79. The van der Waals surface area contributed by atoms with Gasteiger partial charge in [-0.15, -0.1) is 0 Å². The number of aromatic nitrogens is 1. The Morgan fingerprint density at radius 3 is 3.22 bits per heavy atom. The van der Waals surface area contributed by atoms with E-state index < -0.39 is 0 Å². The van der Waals surface area contributed by atoms with Crippen molar-refractivity contribution in [3.63, 3.8) is 0 Å². The monoisotopic (exact) mass is 248 g/mol. The van der Waals surface area contributed by atoms with Gasteiger partial charge < -0.3 is 10.3 Å². The van der Waals surface area contributed by atoms with E-state index in [0.717, 1.165) is 19.5 Å². The van der Waals surface area contributed by atoms with Gasteiger partial charge in [-0.2, -0.15) is 0 Å². The van der Waals surface area contributed by atoms with Crippen molar-refractivity contribution >= 4 is 11.6 Å². The van der Waals surface area contributed by atoms with Crippen molar-refractivity contribution < 1.29 is 4.79 Å². The van der Waals surface area contributed by atoms with Gasteiger partial charge in [0.2, 0.25) is 0 Å². The lowest BCUT2D eigenvalue weighted by Gasteiger charge is -2.16. The number of rotatable bonds is 4. The number of nitrogen functional groups attached to an aromatic ring is 1. The Hall–Kier alpha value is -1.62. The van der Waals surface area contributed by atoms with Gasteiger partial charge >= 0.3 is 0 Å². The number of nitrogens with zero attached hydrogens (tertiary/aromatic N) is 2. The summed E-state index contributed by atoms with van der Waals surface area (Å²) in [5.41, 5.74) is 3.70. The second-order valence-corrected chi connectivity index (χ2v) is 4.77. The van der Waals surface area contributed by atoms with Crippen LogP contribution in [0.4, 0.5) is 5.69 Å². The van der Waals surface area contributed by atoms with Gasteiger partial charge in [0.1, 0.15) is 5.69 Å². The molecule has 1 amide bonds. The van der Waals surface area contributed by atoms with Crippen LogP contribution < -0.4 is 11.3 Å². The molecule has 0 aromatic carbocycles. The molecule has 5 heteroatoms. The van der Waals surface area contributed by atoms with Gasteiger partial charge in [-0.1, -0.05) is 13.3 Å². The molecule has 0 saturated carbocycles. The molecule has 5 nitrogen and oxygen atoms in total. The van der Waals surface area contributed by atoms with Gasteiger partial charge in [-0.3, -0.25) is 15.6 Å². The van der Waals surface area contributed by atoms with Crippen LogP contribution in [0.3, 0.4) is 0 Å². The van der Waals surface area contributed by atoms with E-state index in [4.69, 9.17) is 5.84 Å². The largest absolute Gasteiger partial charge is 0.337 e. The number of pyridine rings is 1. The third-order valence-electron chi connectivity index (χ3n) is 3.42. The van der Waals surface area contributed by atoms with Gasteiger partial charge in [0.25, 0.3) is 5.91 Å². The quantitative estimate of drug-likeness (QED) is 0.627. The number of carbonyl (C=O) groups is 1. The number of likely N-dealkylation sites (tertiary alicyclic amines) is 1. The molecule has 1 atom stereocenters. The van der Waals surface area contributed by atoms with Crippen LogP contribution in [0.1, 0.15) is 36.7 Å². The Balaban J connectivity index is 2.03. The molecule has 0 spiro atoms. The molecule has 2 rings (SSSR count). The van der Waals surface area contributed by atoms with Gasteiger partial charge in [-0.05, 0) is 30.9 Å². The fraction of sp³-hybridized carbons (Fsp3) is 0.538. The number of carbonyl (C=O) groups excluding carboxylic acids is 1. The van der Waals surface area contributed by atoms with Crippen LogP contribution in [0.25, 0.3) is 0 Å². The summed E-state index contributed by atoms with van der Waals surface area (Å²) in [7, 11) is 0. The van der Waals surface area contributed by atoms with E-state index in [1.807, 2.05) is 4.90 Å². The lowest BCUT2D eigenvalue weighted by Crippen LogP contribution is -2.29. The van der Waals surface area contributed by atoms with Crippen LogP contribution in [-0.4, -0.2) is 28.9 Å². The molecule has 0 radical (unpaired) electrons. The second kappa shape index (κ2) is 5.82. The lowest BCUT2D eigenvalue weighted by atomic mass is 10.0. The maximum absolute atomic E-state index is 12.3. The SMILES string of the molecule is CCCC1CCN(C(=O)c2cc(NN)ccn2)C1. The van der Waals surface area contributed by atoms with Gasteiger partial charge in [-0.25, -0.2) is 0 Å². The molecule has 98 valence electrons. The van der Waals surface area contributed by atoms with Crippen molar-refractivity contribution in [3.8, 4) is 0 Å². The Morgan fingerprint density at radius 1 is 1.67 bits per heavy atom. The number of amides is 1. The molecule has 1 saturated heterocycles. The van der Waals surface area contributed by atoms with Gasteiger partial charge in [0, 0.05) is 19.3 Å². The summed E-state index contributed by atoms with van der Waals surface area (Å²) < 4.78 is 0. The zero-order chi connectivity index (χ0) is 13.0. The van der Waals surface area contributed by atoms with E-state index in [9.17, 15) is 4.79 Å². The number of nitrogens with two attached hydrogens (primary N) is 1. The summed E-state index contributed by atoms with van der Waals surface area (Å²) in [6.45, 7) is 3.88. The fourth-order valence-corrected chi connectivity index (χ4v) is 2.46. The third-order valence-corrected chi connectivity index (χ3v) is 3.42. The minimum Gasteiger partial charge on any atom is -0.337 e. The molecule has 1 aromatic rings. The lowest BCUT2D eigenvalue weighted by molar-refractivity contribution is 0.0781. The Bertz CT molecular complexity index is 421. The molecular weight excluding hydrogens is 228 g/mol. The highest BCUT2D eigenvalue weighted by Gasteiger charge is 2.26. The van der Waals surface area contributed by atoms with Crippen LogP contribution in [0.2, 0.25) is 0 Å². The maximum Gasteiger partial charge on any atom is 0.272 e. The number of hydrazine groups is 1. The topological polar surface area (TPSA) is 71.2 Å². The minimum absolute atomic E-state index is 0.00528. The van der Waals surface area contributed by atoms with Crippen molar-refractivity contribution in [3.05, 3.63) is 24.0 Å². The summed E-state index contributed by atoms with van der Waals surface area (Å²) in [6, 6.07) is 3.43. The van der Waals surface area contributed by atoms with Crippen molar-refractivity contribution in [2.75, 3.05) is 18.5 Å². The van der Waals surface area contributed by atoms with Crippen LogP contribution >= 0.6 is 0 Å². The zero-order valence-corrected chi connectivity index (χ0v) is 10.7. The Morgan fingerprint density at radius 2 is 2.50 bits per heavy atom. The van der Waals surface area contributed by atoms with Crippen LogP contribution in [0.5, 0.6) is 0 Å². The fourth-order valence-electron chi connectivity index (χ4n) is 2.46. The van der Waals surface area contributed by atoms with E-state index in [1.165, 1.54) is 12.8 Å². The first-order valence-electron chi connectivity index (χ1n) is 6.46. The van der Waals surface area contributed by atoms with E-state index >= 15 is 0 Å². The summed E-state index contributed by atoms with van der Waals surface area (Å²) in [5.74, 6) is 5.98. The summed E-state index contributed by atoms with van der Waals surface area (Å²) >= 11 is 0. The highest BCUT2D eigenvalue weighted by Crippen LogP contribution is 2.22. The standard InChI is InChI=1S/C13H20N4O/c1-2-3-10-5-7-17(9-10)13(18)12-8-11(16-14)4-6-15-12/h4,6,8,10H,2-3,5,7,9,14H2,1H3,(H,15,16). The number of nitrogens with one attached hydrogen (secondary N) is 1. The van der Waals surface area contributed by atoms with E-state index in [0.29, 0.717) is 17.3 Å². The first kappa shape index (κ1) is 12.8. The number of anilines is 1. The van der Waals surface area contributed by atoms with Gasteiger partial charge in [0.05, 0.1) is 5.69 Å². The first-order chi connectivity index (χ1) is 8.74. The molecule has 1 fully saturated rings. The maximum atomic E-state index is 12.3.